The van der Waals surface area contributed by atoms with E-state index < -0.39 is 0 Å². The lowest BCUT2D eigenvalue weighted by Crippen LogP contribution is -2.06. The van der Waals surface area contributed by atoms with Crippen molar-refractivity contribution in [1.29, 1.82) is 0 Å². The molecule has 1 aromatic carbocycles. The Morgan fingerprint density at radius 1 is 1.21 bits per heavy atom. The van der Waals surface area contributed by atoms with E-state index in [1.54, 1.807) is 13.3 Å². The first-order chi connectivity index (χ1) is 9.19. The lowest BCUT2D eigenvalue weighted by molar-refractivity contribution is 0.293. The SMILES string of the molecule is COc1ccc(COc2cc([C@H](C)N)ccn2)cc1. The molecule has 0 aliphatic rings. The normalized spacial score (nSPS) is 11.9. The minimum absolute atomic E-state index is 0.0219. The number of hydrogen-bond donors (Lipinski definition) is 1. The zero-order valence-corrected chi connectivity index (χ0v) is 11.2. The van der Waals surface area contributed by atoms with Crippen LogP contribution in [0.25, 0.3) is 0 Å². The maximum atomic E-state index is 5.82. The molecule has 2 aromatic rings. The fraction of sp³-hybridized carbons (Fsp3) is 0.267. The predicted molar refractivity (Wildman–Crippen MR) is 74.2 cm³/mol. The van der Waals surface area contributed by atoms with Gasteiger partial charge in [-0.15, -0.1) is 0 Å². The van der Waals surface area contributed by atoms with E-state index in [1.807, 2.05) is 43.3 Å². The average molecular weight is 258 g/mol. The highest BCUT2D eigenvalue weighted by Gasteiger charge is 2.03. The fourth-order valence-electron chi connectivity index (χ4n) is 1.67. The number of hydrogen-bond acceptors (Lipinski definition) is 4. The van der Waals surface area contributed by atoms with E-state index in [9.17, 15) is 0 Å². The van der Waals surface area contributed by atoms with Crippen LogP contribution in [0.5, 0.6) is 11.6 Å². The van der Waals surface area contributed by atoms with Crippen molar-refractivity contribution in [3.05, 3.63) is 53.7 Å². The fourth-order valence-corrected chi connectivity index (χ4v) is 1.67. The maximum absolute atomic E-state index is 5.82. The monoisotopic (exact) mass is 258 g/mol. The smallest absolute Gasteiger partial charge is 0.213 e. The van der Waals surface area contributed by atoms with E-state index in [0.29, 0.717) is 12.5 Å². The highest BCUT2D eigenvalue weighted by Crippen LogP contribution is 2.17. The lowest BCUT2D eigenvalue weighted by Gasteiger charge is -2.09. The third-order valence-corrected chi connectivity index (χ3v) is 2.83. The van der Waals surface area contributed by atoms with E-state index in [-0.39, 0.29) is 6.04 Å². The Bertz CT molecular complexity index is 524. The molecule has 4 nitrogen and oxygen atoms in total. The summed E-state index contributed by atoms with van der Waals surface area (Å²) in [6.45, 7) is 2.40. The number of rotatable bonds is 5. The molecule has 0 amide bonds. The molecule has 2 rings (SSSR count). The van der Waals surface area contributed by atoms with E-state index in [1.165, 1.54) is 0 Å². The molecule has 100 valence electrons. The molecule has 4 heteroatoms. The molecule has 0 spiro atoms. The van der Waals surface area contributed by atoms with Gasteiger partial charge in [-0.1, -0.05) is 12.1 Å². The van der Waals surface area contributed by atoms with Crippen molar-refractivity contribution >= 4 is 0 Å². The molecule has 19 heavy (non-hydrogen) atoms. The second-order valence-electron chi connectivity index (χ2n) is 4.35. The summed E-state index contributed by atoms with van der Waals surface area (Å²) in [5.41, 5.74) is 7.90. The highest BCUT2D eigenvalue weighted by atomic mass is 16.5. The van der Waals surface area contributed by atoms with Crippen molar-refractivity contribution in [2.24, 2.45) is 5.73 Å². The first-order valence-electron chi connectivity index (χ1n) is 6.16. The Morgan fingerprint density at radius 3 is 2.58 bits per heavy atom. The number of pyridine rings is 1. The largest absolute Gasteiger partial charge is 0.497 e. The minimum Gasteiger partial charge on any atom is -0.497 e. The highest BCUT2D eigenvalue weighted by molar-refractivity contribution is 5.27. The molecule has 1 atom stereocenters. The van der Waals surface area contributed by atoms with Gasteiger partial charge >= 0.3 is 0 Å². The molecular weight excluding hydrogens is 240 g/mol. The van der Waals surface area contributed by atoms with Crippen LogP contribution in [-0.4, -0.2) is 12.1 Å². The van der Waals surface area contributed by atoms with E-state index >= 15 is 0 Å². The van der Waals surface area contributed by atoms with E-state index in [4.69, 9.17) is 15.2 Å². The number of nitrogens with zero attached hydrogens (tertiary/aromatic N) is 1. The van der Waals surface area contributed by atoms with Crippen molar-refractivity contribution in [2.45, 2.75) is 19.6 Å². The van der Waals surface area contributed by atoms with Crippen LogP contribution in [0.2, 0.25) is 0 Å². The second-order valence-corrected chi connectivity index (χ2v) is 4.35. The molecule has 0 unspecified atom stereocenters. The third-order valence-electron chi connectivity index (χ3n) is 2.83. The lowest BCUT2D eigenvalue weighted by atomic mass is 10.1. The Balaban J connectivity index is 1.99. The van der Waals surface area contributed by atoms with Gasteiger partial charge in [-0.25, -0.2) is 4.98 Å². The van der Waals surface area contributed by atoms with Gasteiger partial charge in [0.15, 0.2) is 0 Å². The average Bonchev–Trinajstić information content (AvgIpc) is 2.46. The zero-order chi connectivity index (χ0) is 13.7. The Morgan fingerprint density at radius 2 is 1.95 bits per heavy atom. The summed E-state index contributed by atoms with van der Waals surface area (Å²) in [5.74, 6) is 1.42. The van der Waals surface area contributed by atoms with Crippen LogP contribution in [0, 0.1) is 0 Å². The molecule has 0 saturated carbocycles. The second kappa shape index (κ2) is 6.20. The number of aromatic nitrogens is 1. The molecule has 0 bridgehead atoms. The summed E-state index contributed by atoms with van der Waals surface area (Å²) in [6, 6.07) is 11.5. The summed E-state index contributed by atoms with van der Waals surface area (Å²) < 4.78 is 10.8. The number of nitrogens with two attached hydrogens (primary N) is 1. The Hall–Kier alpha value is -2.07. The molecule has 0 saturated heterocycles. The van der Waals surface area contributed by atoms with Gasteiger partial charge in [0.1, 0.15) is 12.4 Å². The number of methoxy groups -OCH3 is 1. The Labute approximate surface area is 113 Å². The van der Waals surface area contributed by atoms with E-state index in [0.717, 1.165) is 16.9 Å². The van der Waals surface area contributed by atoms with Crippen molar-refractivity contribution in [3.8, 4) is 11.6 Å². The third kappa shape index (κ3) is 3.69. The summed E-state index contributed by atoms with van der Waals surface area (Å²) in [5, 5.41) is 0. The van der Waals surface area contributed by atoms with Gasteiger partial charge in [0.25, 0.3) is 0 Å². The van der Waals surface area contributed by atoms with Crippen molar-refractivity contribution < 1.29 is 9.47 Å². The first kappa shape index (κ1) is 13.4. The van der Waals surface area contributed by atoms with Gasteiger partial charge in [-0.2, -0.15) is 0 Å². The van der Waals surface area contributed by atoms with Gasteiger partial charge in [0, 0.05) is 18.3 Å². The predicted octanol–water partition coefficient (Wildman–Crippen LogP) is 2.69. The molecule has 0 radical (unpaired) electrons. The molecule has 0 aliphatic heterocycles. The van der Waals surface area contributed by atoms with Gasteiger partial charge in [-0.3, -0.25) is 0 Å². The minimum atomic E-state index is -0.0219. The summed E-state index contributed by atoms with van der Waals surface area (Å²) in [4.78, 5) is 4.17. The molecule has 2 N–H and O–H groups in total. The Kier molecular flexibility index (Phi) is 4.36. The van der Waals surface area contributed by atoms with E-state index in [2.05, 4.69) is 4.98 Å². The molecule has 0 aliphatic carbocycles. The van der Waals surface area contributed by atoms with Crippen molar-refractivity contribution in [2.75, 3.05) is 7.11 Å². The number of benzene rings is 1. The van der Waals surface area contributed by atoms with Crippen LogP contribution in [0.15, 0.2) is 42.6 Å². The van der Waals surface area contributed by atoms with Crippen LogP contribution in [0.3, 0.4) is 0 Å². The summed E-state index contributed by atoms with van der Waals surface area (Å²) in [7, 11) is 1.65. The maximum Gasteiger partial charge on any atom is 0.213 e. The van der Waals surface area contributed by atoms with Crippen LogP contribution >= 0.6 is 0 Å². The molecule has 1 heterocycles. The molecule has 0 fully saturated rings. The topological polar surface area (TPSA) is 57.4 Å². The van der Waals surface area contributed by atoms with Gasteiger partial charge < -0.3 is 15.2 Å². The number of ether oxygens (including phenoxy) is 2. The van der Waals surface area contributed by atoms with Crippen molar-refractivity contribution in [1.82, 2.24) is 4.98 Å². The summed E-state index contributed by atoms with van der Waals surface area (Å²) >= 11 is 0. The van der Waals surface area contributed by atoms with Crippen molar-refractivity contribution in [3.63, 3.8) is 0 Å². The molecular formula is C15H18N2O2. The van der Waals surface area contributed by atoms with Gasteiger partial charge in [0.05, 0.1) is 7.11 Å². The summed E-state index contributed by atoms with van der Waals surface area (Å²) in [6.07, 6.45) is 1.71. The first-order valence-corrected chi connectivity index (χ1v) is 6.16. The van der Waals surface area contributed by atoms with Gasteiger partial charge in [-0.05, 0) is 36.2 Å². The quantitative estimate of drug-likeness (QED) is 0.895. The van der Waals surface area contributed by atoms with Crippen LogP contribution in [0.4, 0.5) is 0 Å². The van der Waals surface area contributed by atoms with Crippen LogP contribution < -0.4 is 15.2 Å². The molecule has 1 aromatic heterocycles. The van der Waals surface area contributed by atoms with Crippen LogP contribution in [0.1, 0.15) is 24.1 Å². The van der Waals surface area contributed by atoms with Crippen LogP contribution in [-0.2, 0) is 6.61 Å². The van der Waals surface area contributed by atoms with Gasteiger partial charge in [0.2, 0.25) is 5.88 Å². The standard InChI is InChI=1S/C15H18N2O2/c1-11(16)13-7-8-17-15(9-13)19-10-12-3-5-14(18-2)6-4-12/h3-9,11H,10,16H2,1-2H3/t11-/m0/s1. The zero-order valence-electron chi connectivity index (χ0n) is 11.2.